The largest absolute Gasteiger partial charge is 0.341 e. The van der Waals surface area contributed by atoms with Gasteiger partial charge in [0.15, 0.2) is 5.65 Å². The van der Waals surface area contributed by atoms with E-state index in [2.05, 4.69) is 42.0 Å². The Labute approximate surface area is 77.2 Å². The molecule has 2 aromatic rings. The number of rotatable bonds is 0. The maximum Gasteiger partial charge on any atom is 0.160 e. The van der Waals surface area contributed by atoms with Crippen molar-refractivity contribution in [3.63, 3.8) is 0 Å². The second kappa shape index (κ2) is 2.55. The molecule has 0 spiro atoms. The third-order valence-corrected chi connectivity index (χ3v) is 2.11. The Bertz CT molecular complexity index is 390. The first-order valence-electron chi connectivity index (χ1n) is 4.38. The van der Waals surface area contributed by atoms with Gasteiger partial charge in [0.2, 0.25) is 0 Å². The molecule has 3 heteroatoms. The van der Waals surface area contributed by atoms with E-state index in [4.69, 9.17) is 0 Å². The molecule has 0 radical (unpaired) electrons. The minimum absolute atomic E-state index is 0.140. The molecule has 0 fully saturated rings. The van der Waals surface area contributed by atoms with Gasteiger partial charge in [-0.05, 0) is 12.1 Å². The van der Waals surface area contributed by atoms with Crippen LogP contribution in [0.4, 0.5) is 0 Å². The zero-order valence-corrected chi connectivity index (χ0v) is 8.13. The highest BCUT2D eigenvalue weighted by Crippen LogP contribution is 2.23. The fourth-order valence-electron chi connectivity index (χ4n) is 1.28. The Morgan fingerprint density at radius 3 is 2.69 bits per heavy atom. The van der Waals surface area contributed by atoms with Gasteiger partial charge < -0.3 is 4.98 Å². The van der Waals surface area contributed by atoms with Crippen molar-refractivity contribution < 1.29 is 0 Å². The number of nitrogens with zero attached hydrogens (tertiary/aromatic N) is 2. The molecule has 2 aromatic heterocycles. The van der Waals surface area contributed by atoms with Gasteiger partial charge in [0.05, 0.1) is 6.20 Å². The fraction of sp³-hybridized carbons (Fsp3) is 0.400. The molecule has 0 amide bonds. The average molecular weight is 175 g/mol. The Morgan fingerprint density at radius 1 is 1.31 bits per heavy atom. The SMILES string of the molecule is CC(C)(C)c1cc2ccnnc2[nH]1. The van der Waals surface area contributed by atoms with E-state index in [1.165, 1.54) is 5.69 Å². The van der Waals surface area contributed by atoms with E-state index in [0.717, 1.165) is 11.0 Å². The lowest BCUT2D eigenvalue weighted by Gasteiger charge is -2.15. The van der Waals surface area contributed by atoms with Crippen LogP contribution in [0.5, 0.6) is 0 Å². The number of nitrogens with one attached hydrogen (secondary N) is 1. The zero-order valence-electron chi connectivity index (χ0n) is 8.13. The number of hydrogen-bond acceptors (Lipinski definition) is 2. The molecule has 0 aliphatic rings. The smallest absolute Gasteiger partial charge is 0.160 e. The molecule has 0 saturated carbocycles. The van der Waals surface area contributed by atoms with E-state index in [-0.39, 0.29) is 5.41 Å². The van der Waals surface area contributed by atoms with Crippen molar-refractivity contribution in [1.29, 1.82) is 0 Å². The van der Waals surface area contributed by atoms with E-state index in [1.807, 2.05) is 6.07 Å². The Morgan fingerprint density at radius 2 is 2.08 bits per heavy atom. The van der Waals surface area contributed by atoms with Crippen molar-refractivity contribution in [2.24, 2.45) is 0 Å². The average Bonchev–Trinajstić information content (AvgIpc) is 2.45. The predicted octanol–water partition coefficient (Wildman–Crippen LogP) is 2.26. The molecule has 13 heavy (non-hydrogen) atoms. The van der Waals surface area contributed by atoms with E-state index < -0.39 is 0 Å². The molecule has 68 valence electrons. The van der Waals surface area contributed by atoms with Crippen LogP contribution >= 0.6 is 0 Å². The summed E-state index contributed by atoms with van der Waals surface area (Å²) in [6.45, 7) is 6.52. The summed E-state index contributed by atoms with van der Waals surface area (Å²) in [5.74, 6) is 0. The topological polar surface area (TPSA) is 41.6 Å². The summed E-state index contributed by atoms with van der Waals surface area (Å²) in [5, 5.41) is 8.96. The first-order valence-corrected chi connectivity index (χ1v) is 4.38. The first-order chi connectivity index (χ1) is 6.07. The van der Waals surface area contributed by atoms with Gasteiger partial charge in [-0.1, -0.05) is 20.8 Å². The monoisotopic (exact) mass is 175 g/mol. The number of aromatic nitrogens is 3. The van der Waals surface area contributed by atoms with E-state index in [0.29, 0.717) is 0 Å². The molecule has 0 atom stereocenters. The van der Waals surface area contributed by atoms with Crippen LogP contribution in [-0.4, -0.2) is 15.2 Å². The van der Waals surface area contributed by atoms with Gasteiger partial charge in [-0.3, -0.25) is 0 Å². The van der Waals surface area contributed by atoms with Crippen LogP contribution in [0.25, 0.3) is 11.0 Å². The van der Waals surface area contributed by atoms with Gasteiger partial charge >= 0.3 is 0 Å². The molecule has 1 N–H and O–H groups in total. The summed E-state index contributed by atoms with van der Waals surface area (Å²) in [6, 6.07) is 4.10. The molecule has 0 aromatic carbocycles. The van der Waals surface area contributed by atoms with Crippen molar-refractivity contribution in [3.8, 4) is 0 Å². The molecule has 0 aliphatic carbocycles. The normalized spacial score (nSPS) is 12.2. The highest BCUT2D eigenvalue weighted by Gasteiger charge is 2.16. The maximum absolute atomic E-state index is 4.01. The summed E-state index contributed by atoms with van der Waals surface area (Å²) in [4.78, 5) is 3.26. The molecule has 3 nitrogen and oxygen atoms in total. The van der Waals surface area contributed by atoms with Crippen molar-refractivity contribution in [3.05, 3.63) is 24.0 Å². The van der Waals surface area contributed by atoms with Crippen molar-refractivity contribution in [2.45, 2.75) is 26.2 Å². The lowest BCUT2D eigenvalue weighted by atomic mass is 9.92. The van der Waals surface area contributed by atoms with Crippen LogP contribution in [0.1, 0.15) is 26.5 Å². The zero-order chi connectivity index (χ0) is 9.47. The lowest BCUT2D eigenvalue weighted by Crippen LogP contribution is -2.11. The Balaban J connectivity index is 2.63. The molecule has 0 saturated heterocycles. The predicted molar refractivity (Wildman–Crippen MR) is 52.6 cm³/mol. The fourth-order valence-corrected chi connectivity index (χ4v) is 1.28. The quantitative estimate of drug-likeness (QED) is 0.667. The summed E-state index contributed by atoms with van der Waals surface area (Å²) in [5.41, 5.74) is 2.20. The molecule has 2 heterocycles. The summed E-state index contributed by atoms with van der Waals surface area (Å²) in [7, 11) is 0. The van der Waals surface area contributed by atoms with Gasteiger partial charge in [0.1, 0.15) is 0 Å². The second-order valence-electron chi connectivity index (χ2n) is 4.27. The van der Waals surface area contributed by atoms with Crippen LogP contribution in [0.2, 0.25) is 0 Å². The van der Waals surface area contributed by atoms with Crippen LogP contribution in [0, 0.1) is 0 Å². The van der Waals surface area contributed by atoms with Gasteiger partial charge in [-0.15, -0.1) is 5.10 Å². The Hall–Kier alpha value is -1.38. The summed E-state index contributed by atoms with van der Waals surface area (Å²) < 4.78 is 0. The number of fused-ring (bicyclic) bond motifs is 1. The van der Waals surface area contributed by atoms with Gasteiger partial charge in [0.25, 0.3) is 0 Å². The van der Waals surface area contributed by atoms with Gasteiger partial charge in [0, 0.05) is 16.5 Å². The van der Waals surface area contributed by atoms with Crippen molar-refractivity contribution >= 4 is 11.0 Å². The van der Waals surface area contributed by atoms with Crippen molar-refractivity contribution in [2.75, 3.05) is 0 Å². The lowest BCUT2D eigenvalue weighted by molar-refractivity contribution is 0.574. The number of H-pyrrole nitrogens is 1. The number of aromatic amines is 1. The maximum atomic E-state index is 4.01. The van der Waals surface area contributed by atoms with Crippen LogP contribution in [0.3, 0.4) is 0 Å². The third-order valence-electron chi connectivity index (χ3n) is 2.11. The standard InChI is InChI=1S/C10H13N3/c1-10(2,3)8-6-7-4-5-11-13-9(7)12-8/h4-6H,1-3H3,(H,12,13). The van der Waals surface area contributed by atoms with Crippen LogP contribution < -0.4 is 0 Å². The molecule has 0 bridgehead atoms. The molecular weight excluding hydrogens is 162 g/mol. The minimum Gasteiger partial charge on any atom is -0.341 e. The molecule has 0 unspecified atom stereocenters. The minimum atomic E-state index is 0.140. The van der Waals surface area contributed by atoms with Gasteiger partial charge in [-0.25, -0.2) is 0 Å². The van der Waals surface area contributed by atoms with E-state index in [9.17, 15) is 0 Å². The van der Waals surface area contributed by atoms with Gasteiger partial charge in [-0.2, -0.15) is 5.10 Å². The van der Waals surface area contributed by atoms with Crippen LogP contribution in [0.15, 0.2) is 18.3 Å². The molecular formula is C10H13N3. The van der Waals surface area contributed by atoms with Crippen LogP contribution in [-0.2, 0) is 5.41 Å². The first kappa shape index (κ1) is 8.23. The summed E-state index contributed by atoms with van der Waals surface area (Å²) in [6.07, 6.45) is 1.71. The van der Waals surface area contributed by atoms with Crippen molar-refractivity contribution in [1.82, 2.24) is 15.2 Å². The van der Waals surface area contributed by atoms with E-state index in [1.54, 1.807) is 6.20 Å². The summed E-state index contributed by atoms with van der Waals surface area (Å²) >= 11 is 0. The highest BCUT2D eigenvalue weighted by molar-refractivity contribution is 5.75. The molecule has 2 rings (SSSR count). The Kier molecular flexibility index (Phi) is 1.62. The third kappa shape index (κ3) is 1.41. The van der Waals surface area contributed by atoms with E-state index >= 15 is 0 Å². The molecule has 0 aliphatic heterocycles. The second-order valence-corrected chi connectivity index (χ2v) is 4.27. The highest BCUT2D eigenvalue weighted by atomic mass is 15.1. The number of hydrogen-bond donors (Lipinski definition) is 1.